The standard InChI is InChI=1S/C21H20N4O3/c1-13-18(15-7-5-14(11-22)6-8-15)19(26)25(24-13)17-10-9-16(12-23-17)20(27)28-21(2,3)4/h5-10,12,26H,1-4H3. The van der Waals surface area contributed by atoms with Crippen molar-refractivity contribution in [2.75, 3.05) is 0 Å². The van der Waals surface area contributed by atoms with Crippen molar-refractivity contribution < 1.29 is 14.6 Å². The molecule has 0 aliphatic heterocycles. The van der Waals surface area contributed by atoms with Gasteiger partial charge in [0.1, 0.15) is 5.60 Å². The van der Waals surface area contributed by atoms with E-state index >= 15 is 0 Å². The molecule has 0 spiro atoms. The van der Waals surface area contributed by atoms with Gasteiger partial charge in [0, 0.05) is 6.20 Å². The third-order valence-corrected chi connectivity index (χ3v) is 3.94. The topological polar surface area (TPSA) is 101 Å². The molecule has 0 saturated heterocycles. The van der Waals surface area contributed by atoms with Gasteiger partial charge >= 0.3 is 5.97 Å². The number of pyridine rings is 1. The summed E-state index contributed by atoms with van der Waals surface area (Å²) in [4.78, 5) is 16.3. The third kappa shape index (κ3) is 3.86. The molecule has 2 aromatic heterocycles. The molecule has 2 heterocycles. The highest BCUT2D eigenvalue weighted by Crippen LogP contribution is 2.33. The zero-order valence-corrected chi connectivity index (χ0v) is 16.1. The summed E-state index contributed by atoms with van der Waals surface area (Å²) in [6.45, 7) is 7.16. The first-order chi connectivity index (χ1) is 13.2. The van der Waals surface area contributed by atoms with E-state index in [2.05, 4.69) is 16.2 Å². The van der Waals surface area contributed by atoms with E-state index in [1.807, 2.05) is 0 Å². The number of carbonyl (C=O) groups excluding carboxylic acids is 1. The van der Waals surface area contributed by atoms with Crippen LogP contribution in [0, 0.1) is 18.3 Å². The summed E-state index contributed by atoms with van der Waals surface area (Å²) in [5.41, 5.74) is 2.17. The van der Waals surface area contributed by atoms with Gasteiger partial charge in [0.05, 0.1) is 28.5 Å². The highest BCUT2D eigenvalue weighted by atomic mass is 16.6. The van der Waals surface area contributed by atoms with Crippen molar-refractivity contribution in [3.63, 3.8) is 0 Å². The fraction of sp³-hybridized carbons (Fsp3) is 0.238. The van der Waals surface area contributed by atoms with E-state index < -0.39 is 11.6 Å². The Morgan fingerprint density at radius 3 is 2.39 bits per heavy atom. The molecule has 28 heavy (non-hydrogen) atoms. The smallest absolute Gasteiger partial charge is 0.340 e. The molecule has 7 nitrogen and oxygen atoms in total. The second-order valence-corrected chi connectivity index (χ2v) is 7.29. The lowest BCUT2D eigenvalue weighted by Crippen LogP contribution is -2.24. The summed E-state index contributed by atoms with van der Waals surface area (Å²) in [5, 5.41) is 24.0. The number of carbonyl (C=O) groups is 1. The molecule has 3 aromatic rings. The monoisotopic (exact) mass is 376 g/mol. The molecule has 0 unspecified atom stereocenters. The summed E-state index contributed by atoms with van der Waals surface area (Å²) in [6.07, 6.45) is 1.39. The maximum atomic E-state index is 12.1. The Morgan fingerprint density at radius 2 is 1.86 bits per heavy atom. The van der Waals surface area contributed by atoms with E-state index in [0.29, 0.717) is 28.2 Å². The van der Waals surface area contributed by atoms with E-state index in [-0.39, 0.29) is 5.88 Å². The number of nitrogens with zero attached hydrogens (tertiary/aromatic N) is 4. The van der Waals surface area contributed by atoms with Gasteiger partial charge in [-0.2, -0.15) is 15.0 Å². The zero-order valence-electron chi connectivity index (χ0n) is 16.1. The first-order valence-corrected chi connectivity index (χ1v) is 8.68. The number of aromatic hydroxyl groups is 1. The second-order valence-electron chi connectivity index (χ2n) is 7.29. The average molecular weight is 376 g/mol. The number of rotatable bonds is 3. The summed E-state index contributed by atoms with van der Waals surface area (Å²) in [5.74, 6) is -0.168. The van der Waals surface area contributed by atoms with Gasteiger partial charge in [-0.3, -0.25) is 0 Å². The lowest BCUT2D eigenvalue weighted by molar-refractivity contribution is 0.00691. The van der Waals surface area contributed by atoms with E-state index in [1.54, 1.807) is 64.1 Å². The van der Waals surface area contributed by atoms with E-state index in [9.17, 15) is 9.90 Å². The predicted molar refractivity (Wildman–Crippen MR) is 103 cm³/mol. The molecule has 0 amide bonds. The number of hydrogen-bond acceptors (Lipinski definition) is 6. The third-order valence-electron chi connectivity index (χ3n) is 3.94. The van der Waals surface area contributed by atoms with Crippen LogP contribution >= 0.6 is 0 Å². The quantitative estimate of drug-likeness (QED) is 0.698. The maximum Gasteiger partial charge on any atom is 0.340 e. The largest absolute Gasteiger partial charge is 0.493 e. The lowest BCUT2D eigenvalue weighted by atomic mass is 10.0. The number of esters is 1. The molecule has 0 fully saturated rings. The molecule has 0 atom stereocenters. The molecule has 0 aliphatic carbocycles. The molecule has 142 valence electrons. The van der Waals surface area contributed by atoms with Gasteiger partial charge in [-0.1, -0.05) is 12.1 Å². The summed E-state index contributed by atoms with van der Waals surface area (Å²) in [6, 6.07) is 12.1. The van der Waals surface area contributed by atoms with Crippen molar-refractivity contribution in [3.05, 3.63) is 59.4 Å². The molecular weight excluding hydrogens is 356 g/mol. The lowest BCUT2D eigenvalue weighted by Gasteiger charge is -2.19. The van der Waals surface area contributed by atoms with Gasteiger partial charge in [0.2, 0.25) is 5.88 Å². The van der Waals surface area contributed by atoms with Gasteiger partial charge < -0.3 is 9.84 Å². The predicted octanol–water partition coefficient (Wildman–Crippen LogP) is 3.78. The van der Waals surface area contributed by atoms with Gasteiger partial charge in [-0.15, -0.1) is 0 Å². The van der Waals surface area contributed by atoms with Crippen molar-refractivity contribution in [1.29, 1.82) is 5.26 Å². The van der Waals surface area contributed by atoms with Crippen LogP contribution < -0.4 is 0 Å². The van der Waals surface area contributed by atoms with Crippen molar-refractivity contribution in [2.24, 2.45) is 0 Å². The minimum absolute atomic E-state index is 0.0697. The molecule has 0 saturated carbocycles. The van der Waals surface area contributed by atoms with Crippen molar-refractivity contribution in [3.8, 4) is 28.9 Å². The Bertz CT molecular complexity index is 1050. The number of aromatic nitrogens is 3. The van der Waals surface area contributed by atoms with Crippen LogP contribution in [-0.2, 0) is 4.74 Å². The summed E-state index contributed by atoms with van der Waals surface area (Å²) >= 11 is 0. The first kappa shape index (κ1) is 19.1. The van der Waals surface area contributed by atoms with Crippen LogP contribution in [0.15, 0.2) is 42.6 Å². The second kappa shape index (κ2) is 7.16. The minimum atomic E-state index is -0.594. The van der Waals surface area contributed by atoms with Crippen LogP contribution in [0.2, 0.25) is 0 Å². The fourth-order valence-corrected chi connectivity index (χ4v) is 2.69. The summed E-state index contributed by atoms with van der Waals surface area (Å²) < 4.78 is 6.63. The highest BCUT2D eigenvalue weighted by Gasteiger charge is 2.20. The van der Waals surface area contributed by atoms with Crippen LogP contribution in [0.25, 0.3) is 16.9 Å². The molecule has 0 bridgehead atoms. The minimum Gasteiger partial charge on any atom is -0.493 e. The molecule has 1 aromatic carbocycles. The Labute approximate surface area is 162 Å². The van der Waals surface area contributed by atoms with Crippen LogP contribution in [0.1, 0.15) is 42.4 Å². The van der Waals surface area contributed by atoms with Gasteiger partial charge in [-0.05, 0) is 57.5 Å². The highest BCUT2D eigenvalue weighted by molar-refractivity contribution is 5.89. The van der Waals surface area contributed by atoms with Gasteiger partial charge in [-0.25, -0.2) is 9.78 Å². The van der Waals surface area contributed by atoms with Crippen LogP contribution in [0.5, 0.6) is 5.88 Å². The summed E-state index contributed by atoms with van der Waals surface area (Å²) in [7, 11) is 0. The van der Waals surface area contributed by atoms with Crippen molar-refractivity contribution in [2.45, 2.75) is 33.3 Å². The van der Waals surface area contributed by atoms with Gasteiger partial charge in [0.25, 0.3) is 0 Å². The number of aryl methyl sites for hydroxylation is 1. The number of hydrogen-bond donors (Lipinski definition) is 1. The Kier molecular flexibility index (Phi) is 4.89. The Morgan fingerprint density at radius 1 is 1.18 bits per heavy atom. The van der Waals surface area contributed by atoms with Crippen LogP contribution in [0.4, 0.5) is 0 Å². The zero-order chi connectivity index (χ0) is 20.5. The SMILES string of the molecule is Cc1nn(-c2ccc(C(=O)OC(C)(C)C)cn2)c(O)c1-c1ccc(C#N)cc1. The van der Waals surface area contributed by atoms with Gasteiger partial charge in [0.15, 0.2) is 5.82 Å². The molecular formula is C21H20N4O3. The maximum absolute atomic E-state index is 12.1. The number of benzene rings is 1. The van der Waals surface area contributed by atoms with Crippen molar-refractivity contribution >= 4 is 5.97 Å². The normalized spacial score (nSPS) is 11.1. The Balaban J connectivity index is 1.92. The van der Waals surface area contributed by atoms with E-state index in [1.165, 1.54) is 10.9 Å². The Hall–Kier alpha value is -3.66. The molecule has 1 N–H and O–H groups in total. The molecule has 0 aliphatic rings. The van der Waals surface area contributed by atoms with E-state index in [4.69, 9.17) is 10.00 Å². The average Bonchev–Trinajstić information content (AvgIpc) is 2.95. The molecule has 0 radical (unpaired) electrons. The number of nitriles is 1. The van der Waals surface area contributed by atoms with Crippen LogP contribution in [-0.4, -0.2) is 31.4 Å². The van der Waals surface area contributed by atoms with Crippen LogP contribution in [0.3, 0.4) is 0 Å². The molecule has 3 rings (SSSR count). The number of ether oxygens (including phenoxy) is 1. The first-order valence-electron chi connectivity index (χ1n) is 8.68. The molecule has 7 heteroatoms. The van der Waals surface area contributed by atoms with E-state index in [0.717, 1.165) is 5.56 Å². The van der Waals surface area contributed by atoms with Crippen molar-refractivity contribution in [1.82, 2.24) is 14.8 Å². The fourth-order valence-electron chi connectivity index (χ4n) is 2.69.